The van der Waals surface area contributed by atoms with Crippen LogP contribution in [0.25, 0.3) is 0 Å². The molecule has 0 aromatic heterocycles. The number of carboxylic acids is 1. The van der Waals surface area contributed by atoms with Crippen LogP contribution in [0.15, 0.2) is 0 Å². The van der Waals surface area contributed by atoms with Crippen LogP contribution >= 0.6 is 12.6 Å². The SMILES string of the molecule is CC(C)CC(NC(=O)C(CS)NC(=O)C(C)NC(=O)C(N)CCC(N)=O)C(=O)O. The quantitative estimate of drug-likeness (QED) is 0.165. The number of nitrogens with two attached hydrogens (primary N) is 2. The van der Waals surface area contributed by atoms with Crippen molar-refractivity contribution in [3.05, 3.63) is 0 Å². The van der Waals surface area contributed by atoms with Gasteiger partial charge in [0.15, 0.2) is 0 Å². The zero-order valence-corrected chi connectivity index (χ0v) is 17.7. The van der Waals surface area contributed by atoms with E-state index in [-0.39, 0.29) is 30.9 Å². The summed E-state index contributed by atoms with van der Waals surface area (Å²) in [4.78, 5) is 58.6. The summed E-state index contributed by atoms with van der Waals surface area (Å²) in [5.41, 5.74) is 10.6. The predicted octanol–water partition coefficient (Wildman–Crippen LogP) is -1.89. The lowest BCUT2D eigenvalue weighted by Gasteiger charge is -2.23. The third-order valence-electron chi connectivity index (χ3n) is 3.93. The number of amides is 4. The Morgan fingerprint density at radius 1 is 0.931 bits per heavy atom. The van der Waals surface area contributed by atoms with Crippen molar-refractivity contribution in [1.29, 1.82) is 0 Å². The van der Waals surface area contributed by atoms with Gasteiger partial charge in [0, 0.05) is 12.2 Å². The molecule has 0 heterocycles. The number of carbonyl (C=O) groups excluding carboxylic acids is 4. The van der Waals surface area contributed by atoms with Gasteiger partial charge in [-0.2, -0.15) is 12.6 Å². The Labute approximate surface area is 175 Å². The molecule has 4 unspecified atom stereocenters. The summed E-state index contributed by atoms with van der Waals surface area (Å²) < 4.78 is 0. The zero-order chi connectivity index (χ0) is 22.7. The van der Waals surface area contributed by atoms with Crippen molar-refractivity contribution < 1.29 is 29.1 Å². The monoisotopic (exact) mass is 433 g/mol. The van der Waals surface area contributed by atoms with Crippen LogP contribution in [0.1, 0.15) is 40.0 Å². The molecular formula is C17H31N5O6S. The number of hydrogen-bond donors (Lipinski definition) is 7. The fourth-order valence-electron chi connectivity index (χ4n) is 2.27. The first-order valence-electron chi connectivity index (χ1n) is 9.17. The van der Waals surface area contributed by atoms with E-state index < -0.39 is 53.8 Å². The Morgan fingerprint density at radius 2 is 1.48 bits per heavy atom. The number of primary amides is 1. The van der Waals surface area contributed by atoms with Gasteiger partial charge in [0.25, 0.3) is 0 Å². The zero-order valence-electron chi connectivity index (χ0n) is 16.8. The van der Waals surface area contributed by atoms with E-state index in [9.17, 15) is 29.1 Å². The van der Waals surface area contributed by atoms with E-state index in [2.05, 4.69) is 28.6 Å². The van der Waals surface area contributed by atoms with Crippen LogP contribution in [-0.2, 0) is 24.0 Å². The van der Waals surface area contributed by atoms with Crippen molar-refractivity contribution in [2.24, 2.45) is 17.4 Å². The maximum absolute atomic E-state index is 12.3. The molecule has 0 saturated carbocycles. The number of aliphatic carboxylic acids is 1. The normalized spacial score (nSPS) is 15.0. The standard InChI is InChI=1S/C17H31N5O6S/c1-8(2)6-11(17(27)28)21-16(26)12(7-29)22-14(24)9(3)20-15(25)10(18)4-5-13(19)23/h8-12,29H,4-7,18H2,1-3H3,(H2,19,23)(H,20,25)(H,21,26)(H,22,24)(H,27,28). The van der Waals surface area contributed by atoms with E-state index >= 15 is 0 Å². The maximum Gasteiger partial charge on any atom is 0.326 e. The van der Waals surface area contributed by atoms with Crippen LogP contribution in [0, 0.1) is 5.92 Å². The molecule has 8 N–H and O–H groups in total. The largest absolute Gasteiger partial charge is 0.480 e. The molecule has 0 fully saturated rings. The molecule has 0 rings (SSSR count). The van der Waals surface area contributed by atoms with Gasteiger partial charge in [-0.3, -0.25) is 19.2 Å². The van der Waals surface area contributed by atoms with Gasteiger partial charge in [0.2, 0.25) is 23.6 Å². The Kier molecular flexibility index (Phi) is 11.9. The molecule has 4 atom stereocenters. The van der Waals surface area contributed by atoms with Gasteiger partial charge in [-0.15, -0.1) is 0 Å². The lowest BCUT2D eigenvalue weighted by molar-refractivity contribution is -0.142. The lowest BCUT2D eigenvalue weighted by atomic mass is 10.0. The van der Waals surface area contributed by atoms with Gasteiger partial charge in [0.05, 0.1) is 6.04 Å². The second-order valence-electron chi connectivity index (χ2n) is 7.11. The van der Waals surface area contributed by atoms with E-state index in [1.165, 1.54) is 6.92 Å². The van der Waals surface area contributed by atoms with Crippen molar-refractivity contribution in [1.82, 2.24) is 16.0 Å². The molecular weight excluding hydrogens is 402 g/mol. The summed E-state index contributed by atoms with van der Waals surface area (Å²) in [5.74, 6) is -3.84. The molecule has 29 heavy (non-hydrogen) atoms. The van der Waals surface area contributed by atoms with Crippen LogP contribution in [0.5, 0.6) is 0 Å². The highest BCUT2D eigenvalue weighted by atomic mass is 32.1. The minimum absolute atomic E-state index is 0.0314. The van der Waals surface area contributed by atoms with Crippen molar-refractivity contribution >= 4 is 42.2 Å². The molecule has 0 spiro atoms. The molecule has 0 saturated heterocycles. The van der Waals surface area contributed by atoms with E-state index in [1.807, 2.05) is 13.8 Å². The summed E-state index contributed by atoms with van der Waals surface area (Å²) in [5, 5.41) is 16.4. The fraction of sp³-hybridized carbons (Fsp3) is 0.706. The lowest BCUT2D eigenvalue weighted by Crippen LogP contribution is -2.57. The topological polar surface area (TPSA) is 194 Å². The van der Waals surface area contributed by atoms with Gasteiger partial charge in [-0.25, -0.2) is 4.79 Å². The minimum atomic E-state index is -1.18. The number of carboxylic acid groups (broad SMARTS) is 1. The molecule has 12 heteroatoms. The smallest absolute Gasteiger partial charge is 0.326 e. The van der Waals surface area contributed by atoms with E-state index in [1.54, 1.807) is 0 Å². The first kappa shape index (κ1) is 26.7. The predicted molar refractivity (Wildman–Crippen MR) is 109 cm³/mol. The number of thiol groups is 1. The van der Waals surface area contributed by atoms with Crippen molar-refractivity contribution in [3.63, 3.8) is 0 Å². The van der Waals surface area contributed by atoms with Crippen LogP contribution in [0.2, 0.25) is 0 Å². The fourth-order valence-corrected chi connectivity index (χ4v) is 2.53. The first-order valence-corrected chi connectivity index (χ1v) is 9.80. The van der Waals surface area contributed by atoms with Gasteiger partial charge in [-0.05, 0) is 25.7 Å². The highest BCUT2D eigenvalue weighted by Crippen LogP contribution is 2.06. The summed E-state index contributed by atoms with van der Waals surface area (Å²) in [7, 11) is 0. The Morgan fingerprint density at radius 3 is 1.93 bits per heavy atom. The molecule has 11 nitrogen and oxygen atoms in total. The Bertz CT molecular complexity index is 615. The Hall–Kier alpha value is -2.34. The molecule has 0 aromatic carbocycles. The molecule has 0 aliphatic carbocycles. The molecule has 0 aromatic rings. The maximum atomic E-state index is 12.3. The van der Waals surface area contributed by atoms with Gasteiger partial charge in [-0.1, -0.05) is 13.8 Å². The van der Waals surface area contributed by atoms with Gasteiger partial charge >= 0.3 is 5.97 Å². The summed E-state index contributed by atoms with van der Waals surface area (Å²) in [6.07, 6.45) is 0.186. The Balaban J connectivity index is 4.79. The summed E-state index contributed by atoms with van der Waals surface area (Å²) >= 11 is 4.02. The van der Waals surface area contributed by atoms with Crippen molar-refractivity contribution in [2.75, 3.05) is 5.75 Å². The van der Waals surface area contributed by atoms with E-state index in [0.29, 0.717) is 0 Å². The third kappa shape index (κ3) is 10.7. The number of nitrogens with one attached hydrogen (secondary N) is 3. The van der Waals surface area contributed by atoms with Crippen LogP contribution in [0.3, 0.4) is 0 Å². The minimum Gasteiger partial charge on any atom is -0.480 e. The second kappa shape index (κ2) is 13.0. The van der Waals surface area contributed by atoms with E-state index in [0.717, 1.165) is 0 Å². The van der Waals surface area contributed by atoms with Crippen LogP contribution in [0.4, 0.5) is 0 Å². The van der Waals surface area contributed by atoms with Gasteiger partial charge in [0.1, 0.15) is 18.1 Å². The highest BCUT2D eigenvalue weighted by Gasteiger charge is 2.28. The van der Waals surface area contributed by atoms with Crippen LogP contribution in [-0.4, -0.2) is 64.6 Å². The molecule has 0 aliphatic rings. The molecule has 0 aliphatic heterocycles. The molecule has 166 valence electrons. The molecule has 4 amide bonds. The molecule has 0 bridgehead atoms. The van der Waals surface area contributed by atoms with E-state index in [4.69, 9.17) is 11.5 Å². The third-order valence-corrected chi connectivity index (χ3v) is 4.29. The van der Waals surface area contributed by atoms with Crippen LogP contribution < -0.4 is 27.4 Å². The van der Waals surface area contributed by atoms with Crippen molar-refractivity contribution in [2.45, 2.75) is 64.2 Å². The summed E-state index contributed by atoms with van der Waals surface area (Å²) in [6.45, 7) is 5.03. The van der Waals surface area contributed by atoms with Gasteiger partial charge < -0.3 is 32.5 Å². The average molecular weight is 434 g/mol. The average Bonchev–Trinajstić information content (AvgIpc) is 2.62. The number of carbonyl (C=O) groups is 5. The van der Waals surface area contributed by atoms with Crippen molar-refractivity contribution in [3.8, 4) is 0 Å². The number of rotatable bonds is 13. The second-order valence-corrected chi connectivity index (χ2v) is 7.48. The highest BCUT2D eigenvalue weighted by molar-refractivity contribution is 7.80. The number of hydrogen-bond acceptors (Lipinski definition) is 7. The molecule has 0 radical (unpaired) electrons. The first-order chi connectivity index (χ1) is 13.4. The summed E-state index contributed by atoms with van der Waals surface area (Å²) in [6, 6.07) is -4.23.